The fourth-order valence-electron chi connectivity index (χ4n) is 4.29. The Balaban J connectivity index is 2.12. The Morgan fingerprint density at radius 1 is 1.15 bits per heavy atom. The summed E-state index contributed by atoms with van der Waals surface area (Å²) in [4.78, 5) is 0. The lowest BCUT2D eigenvalue weighted by molar-refractivity contribution is -0.0931. The standard InChI is InChI=1S/C18H23NO/c1-14-9-12-18(20,16-8-4-3-7-15(14)16)17(13-19)10-5-2-6-11-17/h3-4,7-8,14,20H,2,5-6,9-12H2,1H3. The molecule has 20 heavy (non-hydrogen) atoms. The van der Waals surface area contributed by atoms with Crippen molar-refractivity contribution in [1.82, 2.24) is 0 Å². The third-order valence-corrected chi connectivity index (χ3v) is 5.59. The highest BCUT2D eigenvalue weighted by molar-refractivity contribution is 5.40. The summed E-state index contributed by atoms with van der Waals surface area (Å²) in [5.41, 5.74) is 0.718. The Morgan fingerprint density at radius 3 is 2.55 bits per heavy atom. The minimum atomic E-state index is -0.953. The fourth-order valence-corrected chi connectivity index (χ4v) is 4.29. The zero-order valence-electron chi connectivity index (χ0n) is 12.2. The maximum absolute atomic E-state index is 11.5. The molecule has 0 amide bonds. The molecule has 106 valence electrons. The number of hydrogen-bond acceptors (Lipinski definition) is 2. The number of nitrogens with zero attached hydrogens (tertiary/aromatic N) is 1. The summed E-state index contributed by atoms with van der Waals surface area (Å²) < 4.78 is 0. The molecule has 2 nitrogen and oxygen atoms in total. The molecular formula is C18H23NO. The lowest BCUT2D eigenvalue weighted by atomic mass is 9.57. The Labute approximate surface area is 121 Å². The van der Waals surface area contributed by atoms with Crippen LogP contribution in [-0.4, -0.2) is 5.11 Å². The highest BCUT2D eigenvalue weighted by Gasteiger charge is 2.54. The first kappa shape index (κ1) is 13.6. The fraction of sp³-hybridized carbons (Fsp3) is 0.611. The van der Waals surface area contributed by atoms with Gasteiger partial charge in [0.15, 0.2) is 0 Å². The van der Waals surface area contributed by atoms with Crippen molar-refractivity contribution in [2.24, 2.45) is 5.41 Å². The summed E-state index contributed by atoms with van der Waals surface area (Å²) in [6.45, 7) is 2.22. The molecule has 2 aliphatic carbocycles. The summed E-state index contributed by atoms with van der Waals surface area (Å²) in [5.74, 6) is 0.478. The molecule has 1 aromatic rings. The number of rotatable bonds is 1. The van der Waals surface area contributed by atoms with Gasteiger partial charge in [-0.25, -0.2) is 0 Å². The first-order valence-corrected chi connectivity index (χ1v) is 7.86. The van der Waals surface area contributed by atoms with Crippen molar-refractivity contribution in [1.29, 1.82) is 5.26 Å². The van der Waals surface area contributed by atoms with Gasteiger partial charge in [-0.1, -0.05) is 50.5 Å². The van der Waals surface area contributed by atoms with Gasteiger partial charge in [0, 0.05) is 0 Å². The van der Waals surface area contributed by atoms with Crippen molar-refractivity contribution in [2.45, 2.75) is 63.4 Å². The van der Waals surface area contributed by atoms with Gasteiger partial charge < -0.3 is 5.11 Å². The summed E-state index contributed by atoms with van der Waals surface area (Å²) in [6.07, 6.45) is 6.68. The average Bonchev–Trinajstić information content (AvgIpc) is 2.52. The van der Waals surface area contributed by atoms with Gasteiger partial charge in [-0.05, 0) is 42.7 Å². The van der Waals surface area contributed by atoms with Gasteiger partial charge in [0.2, 0.25) is 0 Å². The van der Waals surface area contributed by atoms with Crippen molar-refractivity contribution in [2.75, 3.05) is 0 Å². The second-order valence-electron chi connectivity index (χ2n) is 6.64. The monoisotopic (exact) mass is 269 g/mol. The molecule has 2 atom stereocenters. The Hall–Kier alpha value is -1.33. The molecule has 0 radical (unpaired) electrons. The van der Waals surface area contributed by atoms with E-state index in [2.05, 4.69) is 19.1 Å². The molecule has 3 rings (SSSR count). The minimum Gasteiger partial charge on any atom is -0.383 e. The zero-order chi connectivity index (χ0) is 14.2. The van der Waals surface area contributed by atoms with E-state index in [0.717, 1.165) is 44.1 Å². The average molecular weight is 269 g/mol. The lowest BCUT2D eigenvalue weighted by Gasteiger charge is -2.49. The Kier molecular flexibility index (Phi) is 3.34. The summed E-state index contributed by atoms with van der Waals surface area (Å²) in [7, 11) is 0. The number of fused-ring (bicyclic) bond motifs is 1. The molecule has 0 spiro atoms. The maximum Gasteiger partial charge on any atom is 0.108 e. The highest BCUT2D eigenvalue weighted by atomic mass is 16.3. The van der Waals surface area contributed by atoms with Crippen LogP contribution < -0.4 is 0 Å². The van der Waals surface area contributed by atoms with E-state index in [1.54, 1.807) is 0 Å². The van der Waals surface area contributed by atoms with Crippen LogP contribution in [0.3, 0.4) is 0 Å². The number of aliphatic hydroxyl groups is 1. The van der Waals surface area contributed by atoms with Crippen LogP contribution in [-0.2, 0) is 5.60 Å². The van der Waals surface area contributed by atoms with Crippen LogP contribution in [0.2, 0.25) is 0 Å². The molecule has 0 aromatic heterocycles. The van der Waals surface area contributed by atoms with Crippen molar-refractivity contribution < 1.29 is 5.11 Å². The molecule has 0 bridgehead atoms. The topological polar surface area (TPSA) is 44.0 Å². The van der Waals surface area contributed by atoms with Crippen molar-refractivity contribution in [3.63, 3.8) is 0 Å². The SMILES string of the molecule is CC1CCC(O)(C2(C#N)CCCCC2)c2ccccc21. The van der Waals surface area contributed by atoms with E-state index in [9.17, 15) is 10.4 Å². The van der Waals surface area contributed by atoms with Crippen molar-refractivity contribution >= 4 is 0 Å². The second kappa shape index (κ2) is 4.90. The molecule has 1 fully saturated rings. The number of nitriles is 1. The highest BCUT2D eigenvalue weighted by Crippen LogP contribution is 2.56. The van der Waals surface area contributed by atoms with Crippen LogP contribution in [0, 0.1) is 16.7 Å². The van der Waals surface area contributed by atoms with Crippen LogP contribution in [0.15, 0.2) is 24.3 Å². The second-order valence-corrected chi connectivity index (χ2v) is 6.64. The van der Waals surface area contributed by atoms with Crippen LogP contribution in [0.5, 0.6) is 0 Å². The van der Waals surface area contributed by atoms with E-state index >= 15 is 0 Å². The van der Waals surface area contributed by atoms with Crippen LogP contribution in [0.1, 0.15) is 68.9 Å². The number of hydrogen-bond donors (Lipinski definition) is 1. The van der Waals surface area contributed by atoms with Crippen molar-refractivity contribution in [3.8, 4) is 6.07 Å². The number of benzene rings is 1. The van der Waals surface area contributed by atoms with Crippen LogP contribution >= 0.6 is 0 Å². The molecule has 2 heteroatoms. The van der Waals surface area contributed by atoms with Crippen LogP contribution in [0.4, 0.5) is 0 Å². The lowest BCUT2D eigenvalue weighted by Crippen LogP contribution is -2.48. The van der Waals surface area contributed by atoms with Gasteiger partial charge >= 0.3 is 0 Å². The van der Waals surface area contributed by atoms with Crippen molar-refractivity contribution in [3.05, 3.63) is 35.4 Å². The molecule has 2 unspecified atom stereocenters. The summed E-state index contributed by atoms with van der Waals surface area (Å²) in [6, 6.07) is 10.7. The van der Waals surface area contributed by atoms with Gasteiger partial charge in [0.25, 0.3) is 0 Å². The van der Waals surface area contributed by atoms with Crippen LogP contribution in [0.25, 0.3) is 0 Å². The molecule has 0 saturated heterocycles. The first-order valence-electron chi connectivity index (χ1n) is 7.86. The largest absolute Gasteiger partial charge is 0.383 e. The van der Waals surface area contributed by atoms with E-state index in [1.807, 2.05) is 18.2 Å². The first-order chi connectivity index (χ1) is 9.63. The molecule has 1 aromatic carbocycles. The van der Waals surface area contributed by atoms with Gasteiger partial charge in [-0.15, -0.1) is 0 Å². The minimum absolute atomic E-state index is 0.478. The van der Waals surface area contributed by atoms with Gasteiger partial charge in [0.05, 0.1) is 11.5 Å². The normalized spacial score (nSPS) is 32.1. The molecule has 1 N–H and O–H groups in total. The van der Waals surface area contributed by atoms with E-state index in [-0.39, 0.29) is 0 Å². The molecule has 0 aliphatic heterocycles. The zero-order valence-corrected chi connectivity index (χ0v) is 12.2. The van der Waals surface area contributed by atoms with E-state index in [1.165, 1.54) is 12.0 Å². The molecule has 1 saturated carbocycles. The Morgan fingerprint density at radius 2 is 1.85 bits per heavy atom. The Bertz CT molecular complexity index is 539. The maximum atomic E-state index is 11.5. The van der Waals surface area contributed by atoms with Gasteiger partial charge in [-0.3, -0.25) is 0 Å². The van der Waals surface area contributed by atoms with E-state index in [0.29, 0.717) is 5.92 Å². The third kappa shape index (κ3) is 1.80. The molecule has 2 aliphatic rings. The molecule has 0 heterocycles. The van der Waals surface area contributed by atoms with Gasteiger partial charge in [0.1, 0.15) is 5.60 Å². The summed E-state index contributed by atoms with van der Waals surface area (Å²) >= 11 is 0. The predicted octanol–water partition coefficient (Wildman–Crippen LogP) is 4.25. The quantitative estimate of drug-likeness (QED) is 0.828. The smallest absolute Gasteiger partial charge is 0.108 e. The third-order valence-electron chi connectivity index (χ3n) is 5.59. The predicted molar refractivity (Wildman–Crippen MR) is 79.1 cm³/mol. The van der Waals surface area contributed by atoms with E-state index in [4.69, 9.17) is 0 Å². The molecular weight excluding hydrogens is 246 g/mol. The van der Waals surface area contributed by atoms with E-state index < -0.39 is 11.0 Å². The summed E-state index contributed by atoms with van der Waals surface area (Å²) in [5, 5.41) is 21.3. The van der Waals surface area contributed by atoms with Gasteiger partial charge in [-0.2, -0.15) is 5.26 Å².